The number of nitrogens with one attached hydrogen (secondary N) is 1. The molecule has 0 bridgehead atoms. The average molecular weight is 429 g/mol. The van der Waals surface area contributed by atoms with Crippen molar-refractivity contribution in [3.8, 4) is 0 Å². The summed E-state index contributed by atoms with van der Waals surface area (Å²) in [6.07, 6.45) is 0.319. The maximum Gasteiger partial charge on any atom is 0.317 e. The van der Waals surface area contributed by atoms with Crippen molar-refractivity contribution >= 4 is 23.5 Å². The predicted molar refractivity (Wildman–Crippen MR) is 119 cm³/mol. The zero-order valence-corrected chi connectivity index (χ0v) is 18.1. The molecule has 160 valence electrons. The Morgan fingerprint density at radius 2 is 1.70 bits per heavy atom. The predicted octanol–water partition coefficient (Wildman–Crippen LogP) is 3.22. The number of hydrogen-bond donors (Lipinski definition) is 1. The van der Waals surface area contributed by atoms with E-state index in [-0.39, 0.29) is 11.9 Å². The van der Waals surface area contributed by atoms with Gasteiger partial charge in [-0.1, -0.05) is 54.1 Å². The highest BCUT2D eigenvalue weighted by Gasteiger charge is 2.21. The van der Waals surface area contributed by atoms with Gasteiger partial charge in [0, 0.05) is 64.3 Å². The van der Waals surface area contributed by atoms with Crippen LogP contribution in [0.5, 0.6) is 0 Å². The van der Waals surface area contributed by atoms with E-state index in [0.29, 0.717) is 32.6 Å². The maximum atomic E-state index is 12.5. The number of urea groups is 1. The van der Waals surface area contributed by atoms with Gasteiger partial charge in [0.15, 0.2) is 0 Å². The summed E-state index contributed by atoms with van der Waals surface area (Å²) < 4.78 is 0. The number of benzene rings is 2. The van der Waals surface area contributed by atoms with Crippen LogP contribution in [0.1, 0.15) is 17.5 Å². The molecule has 7 heteroatoms. The van der Waals surface area contributed by atoms with E-state index in [1.165, 1.54) is 5.56 Å². The highest BCUT2D eigenvalue weighted by Crippen LogP contribution is 2.14. The van der Waals surface area contributed by atoms with Crippen molar-refractivity contribution in [2.45, 2.75) is 19.5 Å². The molecular formula is C23H29ClN4O2. The van der Waals surface area contributed by atoms with Gasteiger partial charge in [-0.2, -0.15) is 0 Å². The summed E-state index contributed by atoms with van der Waals surface area (Å²) in [6.45, 7) is 4.82. The first-order valence-corrected chi connectivity index (χ1v) is 10.7. The van der Waals surface area contributed by atoms with Crippen LogP contribution >= 0.6 is 11.6 Å². The van der Waals surface area contributed by atoms with Gasteiger partial charge < -0.3 is 15.1 Å². The molecule has 0 radical (unpaired) electrons. The fraction of sp³-hybridized carbons (Fsp3) is 0.391. The molecule has 0 aliphatic carbocycles. The molecule has 2 aromatic rings. The zero-order chi connectivity index (χ0) is 21.3. The topological polar surface area (TPSA) is 55.9 Å². The Bertz CT molecular complexity index is 838. The number of nitrogens with zero attached hydrogens (tertiary/aromatic N) is 3. The first-order chi connectivity index (χ1) is 14.5. The number of carbonyl (C=O) groups is 2. The third-order valence-corrected chi connectivity index (χ3v) is 5.48. The van der Waals surface area contributed by atoms with Crippen LogP contribution < -0.4 is 5.32 Å². The summed E-state index contributed by atoms with van der Waals surface area (Å²) in [5.74, 6) is 0.0865. The van der Waals surface area contributed by atoms with Crippen LogP contribution in [0, 0.1) is 0 Å². The molecule has 1 heterocycles. The summed E-state index contributed by atoms with van der Waals surface area (Å²) in [6, 6.07) is 17.5. The average Bonchev–Trinajstić information content (AvgIpc) is 2.75. The monoisotopic (exact) mass is 428 g/mol. The van der Waals surface area contributed by atoms with Crippen LogP contribution in [0.15, 0.2) is 54.6 Å². The molecule has 2 aromatic carbocycles. The molecule has 6 nitrogen and oxygen atoms in total. The van der Waals surface area contributed by atoms with E-state index in [9.17, 15) is 9.59 Å². The van der Waals surface area contributed by atoms with E-state index in [0.717, 1.165) is 30.2 Å². The minimum Gasteiger partial charge on any atom is -0.340 e. The Morgan fingerprint density at radius 3 is 2.40 bits per heavy atom. The lowest BCUT2D eigenvalue weighted by Gasteiger charge is -2.35. The molecule has 1 aliphatic heterocycles. The van der Waals surface area contributed by atoms with Crippen molar-refractivity contribution in [2.24, 2.45) is 0 Å². The van der Waals surface area contributed by atoms with Crippen molar-refractivity contribution in [2.75, 3.05) is 39.8 Å². The second kappa shape index (κ2) is 11.0. The molecular weight excluding hydrogens is 400 g/mol. The van der Waals surface area contributed by atoms with Gasteiger partial charge in [0.1, 0.15) is 0 Å². The molecule has 0 spiro atoms. The SMILES string of the molecule is CN(Cc1ccccc1)C(=O)NCCC(=O)N1CCN(Cc2cccc(Cl)c2)CC1. The van der Waals surface area contributed by atoms with E-state index in [1.54, 1.807) is 11.9 Å². The van der Waals surface area contributed by atoms with E-state index in [1.807, 2.05) is 53.4 Å². The first-order valence-electron chi connectivity index (χ1n) is 10.3. The Balaban J connectivity index is 1.34. The van der Waals surface area contributed by atoms with Crippen LogP contribution in [-0.2, 0) is 17.9 Å². The second-order valence-electron chi connectivity index (χ2n) is 7.61. The van der Waals surface area contributed by atoms with Crippen molar-refractivity contribution in [3.63, 3.8) is 0 Å². The third kappa shape index (κ3) is 6.75. The Kier molecular flexibility index (Phi) is 8.11. The second-order valence-corrected chi connectivity index (χ2v) is 8.05. The minimum atomic E-state index is -0.169. The molecule has 1 fully saturated rings. The third-order valence-electron chi connectivity index (χ3n) is 5.24. The quantitative estimate of drug-likeness (QED) is 0.736. The van der Waals surface area contributed by atoms with Crippen LogP contribution in [-0.4, -0.2) is 66.4 Å². The lowest BCUT2D eigenvalue weighted by Crippen LogP contribution is -2.49. The van der Waals surface area contributed by atoms with E-state index >= 15 is 0 Å². The molecule has 3 amide bonds. The van der Waals surface area contributed by atoms with Crippen molar-refractivity contribution < 1.29 is 9.59 Å². The molecule has 30 heavy (non-hydrogen) atoms. The van der Waals surface area contributed by atoms with Crippen LogP contribution in [0.2, 0.25) is 5.02 Å². The number of rotatable bonds is 7. The molecule has 0 aromatic heterocycles. The minimum absolute atomic E-state index is 0.0865. The highest BCUT2D eigenvalue weighted by molar-refractivity contribution is 6.30. The van der Waals surface area contributed by atoms with E-state index in [2.05, 4.69) is 16.3 Å². The molecule has 1 saturated heterocycles. The Labute approximate surface area is 183 Å². The number of amides is 3. The lowest BCUT2D eigenvalue weighted by molar-refractivity contribution is -0.132. The summed E-state index contributed by atoms with van der Waals surface area (Å²) in [5.41, 5.74) is 2.26. The summed E-state index contributed by atoms with van der Waals surface area (Å²) >= 11 is 6.05. The Morgan fingerprint density at radius 1 is 1.00 bits per heavy atom. The van der Waals surface area contributed by atoms with Crippen molar-refractivity contribution in [1.29, 1.82) is 0 Å². The van der Waals surface area contributed by atoms with Crippen molar-refractivity contribution in [3.05, 3.63) is 70.7 Å². The molecule has 1 N–H and O–H groups in total. The van der Waals surface area contributed by atoms with Gasteiger partial charge in [0.2, 0.25) is 5.91 Å². The molecule has 0 unspecified atom stereocenters. The fourth-order valence-electron chi connectivity index (χ4n) is 3.55. The molecule has 3 rings (SSSR count). The van der Waals surface area contributed by atoms with Gasteiger partial charge in [-0.05, 0) is 23.3 Å². The van der Waals surface area contributed by atoms with Gasteiger partial charge in [-0.25, -0.2) is 4.79 Å². The Hall–Kier alpha value is -2.57. The van der Waals surface area contributed by atoms with Gasteiger partial charge in [0.25, 0.3) is 0 Å². The standard InChI is InChI=1S/C23H29ClN4O2/c1-26(17-19-6-3-2-4-7-19)23(30)25-11-10-22(29)28-14-12-27(13-15-28)18-20-8-5-9-21(24)16-20/h2-9,16H,10-15,17-18H2,1H3,(H,25,30). The summed E-state index contributed by atoms with van der Waals surface area (Å²) in [7, 11) is 1.75. The maximum absolute atomic E-state index is 12.5. The number of piperazine rings is 1. The van der Waals surface area contributed by atoms with E-state index < -0.39 is 0 Å². The van der Waals surface area contributed by atoms with Crippen molar-refractivity contribution in [1.82, 2.24) is 20.0 Å². The first kappa shape index (κ1) is 22.1. The van der Waals surface area contributed by atoms with Crippen LogP contribution in [0.4, 0.5) is 4.79 Å². The van der Waals surface area contributed by atoms with Gasteiger partial charge >= 0.3 is 6.03 Å². The normalized spacial score (nSPS) is 14.4. The van der Waals surface area contributed by atoms with Crippen LogP contribution in [0.25, 0.3) is 0 Å². The van der Waals surface area contributed by atoms with Crippen LogP contribution in [0.3, 0.4) is 0 Å². The zero-order valence-electron chi connectivity index (χ0n) is 17.4. The lowest BCUT2D eigenvalue weighted by atomic mass is 10.2. The smallest absolute Gasteiger partial charge is 0.317 e. The molecule has 0 saturated carbocycles. The summed E-state index contributed by atoms with van der Waals surface area (Å²) in [5, 5.41) is 3.58. The van der Waals surface area contributed by atoms with Gasteiger partial charge in [-0.15, -0.1) is 0 Å². The number of carbonyl (C=O) groups excluding carboxylic acids is 2. The van der Waals surface area contributed by atoms with Gasteiger partial charge in [-0.3, -0.25) is 9.69 Å². The summed E-state index contributed by atoms with van der Waals surface area (Å²) in [4.78, 5) is 30.5. The number of hydrogen-bond acceptors (Lipinski definition) is 3. The number of halogens is 1. The molecule has 0 atom stereocenters. The highest BCUT2D eigenvalue weighted by atomic mass is 35.5. The fourth-order valence-corrected chi connectivity index (χ4v) is 3.76. The van der Waals surface area contributed by atoms with E-state index in [4.69, 9.17) is 11.6 Å². The van der Waals surface area contributed by atoms with Gasteiger partial charge in [0.05, 0.1) is 0 Å². The largest absolute Gasteiger partial charge is 0.340 e. The molecule has 1 aliphatic rings.